The first-order chi connectivity index (χ1) is 12.1. The monoisotopic (exact) mass is 344 g/mol. The summed E-state index contributed by atoms with van der Waals surface area (Å²) in [5.74, 6) is -0.380. The first kappa shape index (κ1) is 17.5. The van der Waals surface area contributed by atoms with Crippen LogP contribution < -0.4 is 5.32 Å². The van der Waals surface area contributed by atoms with E-state index in [1.165, 1.54) is 18.2 Å². The van der Waals surface area contributed by atoms with Crippen LogP contribution in [0.1, 0.15) is 30.4 Å². The molecule has 3 nitrogen and oxygen atoms in total. The fraction of sp³-hybridized carbons (Fsp3) is 0.350. The number of likely N-dealkylation sites (tertiary alicyclic amines) is 1. The van der Waals surface area contributed by atoms with Gasteiger partial charge in [-0.1, -0.05) is 30.3 Å². The van der Waals surface area contributed by atoms with Crippen molar-refractivity contribution in [3.05, 3.63) is 71.3 Å². The lowest BCUT2D eigenvalue weighted by Gasteiger charge is -2.25. The van der Waals surface area contributed by atoms with Gasteiger partial charge >= 0.3 is 0 Å². The standard InChI is InChI=1S/C20H22F2N2O/c21-17-6-3-4-15(12-17)14-24-18(8-9-20(24)25)10-11-23-13-16-5-1-2-7-19(16)22/h1-7,12,18,23H,8-11,13-14H2/t18-/m1/s1. The molecule has 25 heavy (non-hydrogen) atoms. The number of amides is 1. The highest BCUT2D eigenvalue weighted by Gasteiger charge is 2.30. The third-order valence-corrected chi connectivity index (χ3v) is 4.62. The molecular weight excluding hydrogens is 322 g/mol. The predicted octanol–water partition coefficient (Wildman–Crippen LogP) is 3.64. The van der Waals surface area contributed by atoms with Crippen LogP contribution in [0.2, 0.25) is 0 Å². The molecule has 1 N–H and O–H groups in total. The van der Waals surface area contributed by atoms with E-state index < -0.39 is 0 Å². The van der Waals surface area contributed by atoms with Gasteiger partial charge in [0.25, 0.3) is 0 Å². The van der Waals surface area contributed by atoms with Gasteiger partial charge < -0.3 is 10.2 Å². The number of halogens is 2. The van der Waals surface area contributed by atoms with E-state index in [1.807, 2.05) is 17.0 Å². The number of nitrogens with one attached hydrogen (secondary N) is 1. The Morgan fingerprint density at radius 1 is 1.12 bits per heavy atom. The van der Waals surface area contributed by atoms with E-state index in [-0.39, 0.29) is 23.6 Å². The van der Waals surface area contributed by atoms with Crippen molar-refractivity contribution in [3.8, 4) is 0 Å². The topological polar surface area (TPSA) is 32.3 Å². The van der Waals surface area contributed by atoms with E-state index in [4.69, 9.17) is 0 Å². The molecule has 1 aliphatic rings. The molecule has 1 amide bonds. The molecule has 0 bridgehead atoms. The zero-order chi connectivity index (χ0) is 17.6. The average Bonchev–Trinajstić information content (AvgIpc) is 2.93. The summed E-state index contributed by atoms with van der Waals surface area (Å²) in [7, 11) is 0. The Labute approximate surface area is 146 Å². The highest BCUT2D eigenvalue weighted by molar-refractivity contribution is 5.78. The summed E-state index contributed by atoms with van der Waals surface area (Å²) in [5, 5.41) is 3.24. The maximum atomic E-state index is 13.6. The minimum absolute atomic E-state index is 0.114. The molecule has 0 saturated carbocycles. The molecule has 0 aliphatic carbocycles. The second kappa shape index (κ2) is 8.21. The summed E-state index contributed by atoms with van der Waals surface area (Å²) in [6.07, 6.45) is 2.15. The first-order valence-electron chi connectivity index (χ1n) is 8.61. The van der Waals surface area contributed by atoms with Gasteiger partial charge in [0.05, 0.1) is 0 Å². The number of nitrogens with zero attached hydrogens (tertiary/aromatic N) is 1. The van der Waals surface area contributed by atoms with Gasteiger partial charge in [0.15, 0.2) is 0 Å². The fourth-order valence-corrected chi connectivity index (χ4v) is 3.28. The Balaban J connectivity index is 1.51. The molecule has 1 fully saturated rings. The Morgan fingerprint density at radius 3 is 2.76 bits per heavy atom. The lowest BCUT2D eigenvalue weighted by atomic mass is 10.1. The lowest BCUT2D eigenvalue weighted by molar-refractivity contribution is -0.129. The zero-order valence-electron chi connectivity index (χ0n) is 14.1. The minimum Gasteiger partial charge on any atom is -0.335 e. The van der Waals surface area contributed by atoms with Crippen molar-refractivity contribution in [1.29, 1.82) is 0 Å². The van der Waals surface area contributed by atoms with Crippen LogP contribution in [-0.4, -0.2) is 23.4 Å². The minimum atomic E-state index is -0.285. The van der Waals surface area contributed by atoms with Crippen LogP contribution in [0.25, 0.3) is 0 Å². The summed E-state index contributed by atoms with van der Waals surface area (Å²) in [6, 6.07) is 13.2. The zero-order valence-corrected chi connectivity index (χ0v) is 14.1. The Morgan fingerprint density at radius 2 is 1.96 bits per heavy atom. The quantitative estimate of drug-likeness (QED) is 0.778. The van der Waals surface area contributed by atoms with Crippen LogP contribution in [0.4, 0.5) is 8.78 Å². The van der Waals surface area contributed by atoms with Crippen LogP contribution in [0, 0.1) is 11.6 Å². The maximum Gasteiger partial charge on any atom is 0.223 e. The van der Waals surface area contributed by atoms with E-state index in [1.54, 1.807) is 18.2 Å². The second-order valence-corrected chi connectivity index (χ2v) is 6.40. The van der Waals surface area contributed by atoms with E-state index in [2.05, 4.69) is 5.32 Å². The highest BCUT2D eigenvalue weighted by atomic mass is 19.1. The molecule has 0 unspecified atom stereocenters. The van der Waals surface area contributed by atoms with E-state index >= 15 is 0 Å². The molecule has 1 aliphatic heterocycles. The summed E-state index contributed by atoms with van der Waals surface area (Å²) in [5.41, 5.74) is 1.45. The largest absolute Gasteiger partial charge is 0.335 e. The summed E-state index contributed by atoms with van der Waals surface area (Å²) in [6.45, 7) is 1.61. The van der Waals surface area contributed by atoms with Gasteiger partial charge in [-0.3, -0.25) is 4.79 Å². The van der Waals surface area contributed by atoms with Gasteiger partial charge in [0.1, 0.15) is 11.6 Å². The Hall–Kier alpha value is -2.27. The summed E-state index contributed by atoms with van der Waals surface area (Å²) in [4.78, 5) is 14.0. The van der Waals surface area contributed by atoms with Crippen LogP contribution in [0.5, 0.6) is 0 Å². The van der Waals surface area contributed by atoms with Crippen molar-refractivity contribution in [2.45, 2.75) is 38.4 Å². The van der Waals surface area contributed by atoms with Crippen molar-refractivity contribution >= 4 is 5.91 Å². The average molecular weight is 344 g/mol. The van der Waals surface area contributed by atoms with Crippen LogP contribution in [0.3, 0.4) is 0 Å². The Bertz CT molecular complexity index is 735. The lowest BCUT2D eigenvalue weighted by Crippen LogP contribution is -2.34. The van der Waals surface area contributed by atoms with Gasteiger partial charge in [-0.15, -0.1) is 0 Å². The van der Waals surface area contributed by atoms with Gasteiger partial charge in [-0.05, 0) is 43.1 Å². The molecule has 0 aromatic heterocycles. The third kappa shape index (κ3) is 4.63. The van der Waals surface area contributed by atoms with Crippen molar-refractivity contribution < 1.29 is 13.6 Å². The maximum absolute atomic E-state index is 13.6. The molecular formula is C20H22F2N2O. The van der Waals surface area contributed by atoms with E-state index in [9.17, 15) is 13.6 Å². The molecule has 3 rings (SSSR count). The predicted molar refractivity (Wildman–Crippen MR) is 92.7 cm³/mol. The van der Waals surface area contributed by atoms with Crippen LogP contribution in [-0.2, 0) is 17.9 Å². The SMILES string of the molecule is O=C1CC[C@H](CCNCc2ccccc2F)N1Cc1cccc(F)c1. The first-order valence-corrected chi connectivity index (χ1v) is 8.61. The third-order valence-electron chi connectivity index (χ3n) is 4.62. The van der Waals surface area contributed by atoms with E-state index in [0.29, 0.717) is 31.6 Å². The molecule has 2 aromatic rings. The van der Waals surface area contributed by atoms with E-state index in [0.717, 1.165) is 18.4 Å². The van der Waals surface area contributed by atoms with Gasteiger partial charge in [0, 0.05) is 31.1 Å². The van der Waals surface area contributed by atoms with Gasteiger partial charge in [-0.2, -0.15) is 0 Å². The van der Waals surface area contributed by atoms with Gasteiger partial charge in [0.2, 0.25) is 5.91 Å². The summed E-state index contributed by atoms with van der Waals surface area (Å²) < 4.78 is 26.9. The molecule has 1 heterocycles. The molecule has 1 saturated heterocycles. The second-order valence-electron chi connectivity index (χ2n) is 6.40. The molecule has 0 spiro atoms. The molecule has 5 heteroatoms. The molecule has 132 valence electrons. The number of carbonyl (C=O) groups excluding carboxylic acids is 1. The van der Waals surface area contributed by atoms with Crippen molar-refractivity contribution in [2.75, 3.05) is 6.54 Å². The van der Waals surface area contributed by atoms with Crippen molar-refractivity contribution in [1.82, 2.24) is 10.2 Å². The summed E-state index contributed by atoms with van der Waals surface area (Å²) >= 11 is 0. The Kier molecular flexibility index (Phi) is 5.76. The molecule has 2 aromatic carbocycles. The van der Waals surface area contributed by atoms with Crippen LogP contribution in [0.15, 0.2) is 48.5 Å². The van der Waals surface area contributed by atoms with Crippen molar-refractivity contribution in [3.63, 3.8) is 0 Å². The number of carbonyl (C=O) groups is 1. The van der Waals surface area contributed by atoms with Crippen molar-refractivity contribution in [2.24, 2.45) is 0 Å². The molecule has 1 atom stereocenters. The number of benzene rings is 2. The normalized spacial score (nSPS) is 17.3. The smallest absolute Gasteiger partial charge is 0.223 e. The number of hydrogen-bond donors (Lipinski definition) is 1. The van der Waals surface area contributed by atoms with Gasteiger partial charge in [-0.25, -0.2) is 8.78 Å². The number of hydrogen-bond acceptors (Lipinski definition) is 2. The number of rotatable bonds is 7. The fourth-order valence-electron chi connectivity index (χ4n) is 3.28. The molecule has 0 radical (unpaired) electrons. The highest BCUT2D eigenvalue weighted by Crippen LogP contribution is 2.23. The van der Waals surface area contributed by atoms with Crippen LogP contribution >= 0.6 is 0 Å².